The number of halogens is 1. The SMILES string of the molecule is COc1ccc(/C=C/C(=O)O[C@H](C)C(=O)Nc2cccc(C#N)c2)cc1F. The average Bonchev–Trinajstić information content (AvgIpc) is 2.66. The predicted molar refractivity (Wildman–Crippen MR) is 97.3 cm³/mol. The molecule has 7 heteroatoms. The van der Waals surface area contributed by atoms with Crippen molar-refractivity contribution in [3.63, 3.8) is 0 Å². The lowest BCUT2D eigenvalue weighted by Gasteiger charge is -2.12. The number of benzene rings is 2. The molecule has 0 aliphatic heterocycles. The van der Waals surface area contributed by atoms with Gasteiger partial charge in [-0.2, -0.15) is 5.26 Å². The molecule has 2 aromatic carbocycles. The highest BCUT2D eigenvalue weighted by Gasteiger charge is 2.16. The van der Waals surface area contributed by atoms with Crippen molar-refractivity contribution in [3.8, 4) is 11.8 Å². The van der Waals surface area contributed by atoms with Crippen LogP contribution in [0, 0.1) is 17.1 Å². The summed E-state index contributed by atoms with van der Waals surface area (Å²) in [4.78, 5) is 23.9. The molecule has 1 amide bonds. The summed E-state index contributed by atoms with van der Waals surface area (Å²) in [6.07, 6.45) is 1.41. The van der Waals surface area contributed by atoms with Crippen molar-refractivity contribution < 1.29 is 23.5 Å². The van der Waals surface area contributed by atoms with E-state index in [2.05, 4.69) is 5.32 Å². The van der Waals surface area contributed by atoms with Crippen molar-refractivity contribution in [2.75, 3.05) is 12.4 Å². The van der Waals surface area contributed by atoms with E-state index in [0.717, 1.165) is 6.08 Å². The minimum absolute atomic E-state index is 0.0977. The second-order valence-electron chi connectivity index (χ2n) is 5.49. The van der Waals surface area contributed by atoms with E-state index in [4.69, 9.17) is 14.7 Å². The van der Waals surface area contributed by atoms with E-state index in [1.165, 1.54) is 38.3 Å². The summed E-state index contributed by atoms with van der Waals surface area (Å²) in [7, 11) is 1.36. The van der Waals surface area contributed by atoms with Crippen LogP contribution in [0.15, 0.2) is 48.5 Å². The molecule has 27 heavy (non-hydrogen) atoms. The summed E-state index contributed by atoms with van der Waals surface area (Å²) in [6, 6.07) is 12.5. The molecule has 138 valence electrons. The Hall–Kier alpha value is -3.66. The lowest BCUT2D eigenvalue weighted by Crippen LogP contribution is -2.29. The summed E-state index contributed by atoms with van der Waals surface area (Å²) in [6.45, 7) is 1.42. The fraction of sp³-hybridized carbons (Fsp3) is 0.150. The number of hydrogen-bond acceptors (Lipinski definition) is 5. The molecule has 0 saturated heterocycles. The lowest BCUT2D eigenvalue weighted by molar-refractivity contribution is -0.148. The summed E-state index contributed by atoms with van der Waals surface area (Å²) >= 11 is 0. The smallest absolute Gasteiger partial charge is 0.331 e. The molecule has 2 rings (SSSR count). The second-order valence-corrected chi connectivity index (χ2v) is 5.49. The van der Waals surface area contributed by atoms with Crippen LogP contribution in [0.5, 0.6) is 5.75 Å². The zero-order chi connectivity index (χ0) is 19.8. The summed E-state index contributed by atoms with van der Waals surface area (Å²) < 4.78 is 23.4. The summed E-state index contributed by atoms with van der Waals surface area (Å²) in [5.41, 5.74) is 1.26. The molecule has 0 fully saturated rings. The van der Waals surface area contributed by atoms with Gasteiger partial charge in [0.1, 0.15) is 0 Å². The number of methoxy groups -OCH3 is 1. The Kier molecular flexibility index (Phi) is 6.67. The maximum Gasteiger partial charge on any atom is 0.331 e. The Morgan fingerprint density at radius 1 is 1.26 bits per heavy atom. The summed E-state index contributed by atoms with van der Waals surface area (Å²) in [5.74, 6) is -1.75. The highest BCUT2D eigenvalue weighted by Crippen LogP contribution is 2.18. The number of rotatable bonds is 6. The van der Waals surface area contributed by atoms with Crippen molar-refractivity contribution in [3.05, 3.63) is 65.5 Å². The Morgan fingerprint density at radius 2 is 2.04 bits per heavy atom. The first-order valence-corrected chi connectivity index (χ1v) is 7.96. The largest absolute Gasteiger partial charge is 0.494 e. The molecule has 1 N–H and O–H groups in total. The normalized spacial score (nSPS) is 11.5. The molecule has 6 nitrogen and oxygen atoms in total. The number of nitrogens with zero attached hydrogens (tertiary/aromatic N) is 1. The molecule has 0 aliphatic carbocycles. The second kappa shape index (κ2) is 9.15. The van der Waals surface area contributed by atoms with Crippen LogP contribution in [0.2, 0.25) is 0 Å². The molecule has 1 atom stereocenters. The number of esters is 1. The van der Waals surface area contributed by atoms with Crippen molar-refractivity contribution in [2.24, 2.45) is 0 Å². The molecular formula is C20H17FN2O4. The molecule has 0 aliphatic rings. The Morgan fingerprint density at radius 3 is 2.70 bits per heavy atom. The first kappa shape index (κ1) is 19.7. The van der Waals surface area contributed by atoms with Gasteiger partial charge in [-0.3, -0.25) is 4.79 Å². The minimum atomic E-state index is -1.06. The van der Waals surface area contributed by atoms with E-state index in [1.54, 1.807) is 24.3 Å². The topological polar surface area (TPSA) is 88.4 Å². The van der Waals surface area contributed by atoms with Gasteiger partial charge >= 0.3 is 5.97 Å². The quantitative estimate of drug-likeness (QED) is 0.624. The van der Waals surface area contributed by atoms with Crippen molar-refractivity contribution >= 4 is 23.6 Å². The van der Waals surface area contributed by atoms with E-state index in [1.807, 2.05) is 6.07 Å². The molecule has 0 bridgehead atoms. The Balaban J connectivity index is 1.93. The average molecular weight is 368 g/mol. The number of amides is 1. The Bertz CT molecular complexity index is 918. The predicted octanol–water partition coefficient (Wildman–Crippen LogP) is 3.29. The van der Waals surface area contributed by atoms with E-state index < -0.39 is 23.8 Å². The minimum Gasteiger partial charge on any atom is -0.494 e. The van der Waals surface area contributed by atoms with Crippen LogP contribution in [0.3, 0.4) is 0 Å². The van der Waals surface area contributed by atoms with Crippen molar-refractivity contribution in [1.29, 1.82) is 5.26 Å². The number of ether oxygens (including phenoxy) is 2. The monoisotopic (exact) mass is 368 g/mol. The van der Waals surface area contributed by atoms with Gasteiger partial charge in [-0.25, -0.2) is 9.18 Å². The maximum absolute atomic E-state index is 13.6. The van der Waals surface area contributed by atoms with Gasteiger partial charge in [0, 0.05) is 11.8 Å². The molecule has 2 aromatic rings. The van der Waals surface area contributed by atoms with Crippen LogP contribution in [-0.2, 0) is 14.3 Å². The van der Waals surface area contributed by atoms with E-state index in [0.29, 0.717) is 16.8 Å². The molecule has 0 aromatic heterocycles. The molecule has 0 heterocycles. The number of carbonyl (C=O) groups is 2. The highest BCUT2D eigenvalue weighted by atomic mass is 19.1. The molecule has 0 radical (unpaired) electrons. The third-order valence-corrected chi connectivity index (χ3v) is 3.51. The van der Waals surface area contributed by atoms with Crippen LogP contribution in [0.4, 0.5) is 10.1 Å². The van der Waals surface area contributed by atoms with Gasteiger partial charge in [0.2, 0.25) is 0 Å². The molecular weight excluding hydrogens is 351 g/mol. The van der Waals surface area contributed by atoms with Crippen molar-refractivity contribution in [2.45, 2.75) is 13.0 Å². The first-order valence-electron chi connectivity index (χ1n) is 7.96. The van der Waals surface area contributed by atoms with Gasteiger partial charge < -0.3 is 14.8 Å². The van der Waals surface area contributed by atoms with Gasteiger partial charge in [0.05, 0.1) is 18.7 Å². The zero-order valence-corrected chi connectivity index (χ0v) is 14.7. The number of hydrogen-bond donors (Lipinski definition) is 1. The Labute approximate surface area is 155 Å². The third-order valence-electron chi connectivity index (χ3n) is 3.51. The fourth-order valence-corrected chi connectivity index (χ4v) is 2.13. The molecule has 0 spiro atoms. The highest BCUT2D eigenvalue weighted by molar-refractivity contribution is 5.96. The standard InChI is InChI=1S/C20H17FN2O4/c1-13(20(25)23-16-5-3-4-15(10-16)12-22)27-19(24)9-7-14-6-8-18(26-2)17(21)11-14/h3-11,13H,1-2H3,(H,23,25)/b9-7+/t13-/m1/s1. The number of nitrogens with one attached hydrogen (secondary N) is 1. The van der Waals surface area contributed by atoms with Gasteiger partial charge in [-0.1, -0.05) is 12.1 Å². The van der Waals surface area contributed by atoms with Crippen LogP contribution >= 0.6 is 0 Å². The molecule has 0 saturated carbocycles. The fourth-order valence-electron chi connectivity index (χ4n) is 2.13. The summed E-state index contributed by atoms with van der Waals surface area (Å²) in [5, 5.41) is 11.4. The van der Waals surface area contributed by atoms with Gasteiger partial charge in [0.15, 0.2) is 17.7 Å². The van der Waals surface area contributed by atoms with Crippen LogP contribution in [0.1, 0.15) is 18.1 Å². The molecule has 0 unspecified atom stereocenters. The van der Waals surface area contributed by atoms with Gasteiger partial charge in [-0.15, -0.1) is 0 Å². The first-order chi connectivity index (χ1) is 12.9. The zero-order valence-electron chi connectivity index (χ0n) is 14.7. The number of nitriles is 1. The maximum atomic E-state index is 13.6. The van der Waals surface area contributed by atoms with E-state index >= 15 is 0 Å². The third kappa shape index (κ3) is 5.68. The van der Waals surface area contributed by atoms with E-state index in [-0.39, 0.29) is 5.75 Å². The van der Waals surface area contributed by atoms with Crippen LogP contribution < -0.4 is 10.1 Å². The van der Waals surface area contributed by atoms with E-state index in [9.17, 15) is 14.0 Å². The van der Waals surface area contributed by atoms with Gasteiger partial charge in [-0.05, 0) is 48.9 Å². The number of carbonyl (C=O) groups excluding carboxylic acids is 2. The number of anilines is 1. The van der Waals surface area contributed by atoms with Crippen LogP contribution in [-0.4, -0.2) is 25.1 Å². The van der Waals surface area contributed by atoms with Crippen LogP contribution in [0.25, 0.3) is 6.08 Å². The van der Waals surface area contributed by atoms with Crippen molar-refractivity contribution in [1.82, 2.24) is 0 Å². The lowest BCUT2D eigenvalue weighted by atomic mass is 10.2. The van der Waals surface area contributed by atoms with Gasteiger partial charge in [0.25, 0.3) is 5.91 Å².